The van der Waals surface area contributed by atoms with E-state index in [1.807, 2.05) is 23.6 Å². The third-order valence-electron chi connectivity index (χ3n) is 5.70. The summed E-state index contributed by atoms with van der Waals surface area (Å²) in [7, 11) is 1.62. The van der Waals surface area contributed by atoms with Gasteiger partial charge in [0.25, 0.3) is 5.91 Å². The van der Waals surface area contributed by atoms with Crippen LogP contribution >= 0.6 is 34.5 Å². The third-order valence-corrected chi connectivity index (χ3v) is 7.09. The molecule has 1 amide bonds. The lowest BCUT2D eigenvalue weighted by Gasteiger charge is -2.24. The Kier molecular flexibility index (Phi) is 10.3. The van der Waals surface area contributed by atoms with Crippen molar-refractivity contribution in [1.82, 2.24) is 4.98 Å². The summed E-state index contributed by atoms with van der Waals surface area (Å²) in [6.07, 6.45) is 2.15. The number of amides is 1. The van der Waals surface area contributed by atoms with Gasteiger partial charge in [0.05, 0.1) is 29.0 Å². The van der Waals surface area contributed by atoms with Gasteiger partial charge in [-0.25, -0.2) is 9.78 Å². The van der Waals surface area contributed by atoms with Gasteiger partial charge in [-0.15, -0.1) is 11.3 Å². The predicted molar refractivity (Wildman–Crippen MR) is 154 cm³/mol. The highest BCUT2D eigenvalue weighted by Crippen LogP contribution is 2.40. The number of carbonyl (C=O) groups excluding carboxylic acids is 1. The summed E-state index contributed by atoms with van der Waals surface area (Å²) in [5.41, 5.74) is 3.01. The molecule has 0 aliphatic carbocycles. The molecule has 0 radical (unpaired) electrons. The van der Waals surface area contributed by atoms with Crippen molar-refractivity contribution in [2.45, 2.75) is 40.2 Å². The predicted octanol–water partition coefficient (Wildman–Crippen LogP) is 7.99. The number of hydrogen-bond acceptors (Lipinski definition) is 6. The van der Waals surface area contributed by atoms with Crippen LogP contribution in [0.1, 0.15) is 61.7 Å². The zero-order chi connectivity index (χ0) is 28.0. The molecule has 0 aliphatic rings. The Morgan fingerprint density at radius 2 is 1.89 bits per heavy atom. The van der Waals surface area contributed by atoms with Gasteiger partial charge in [-0.05, 0) is 43.5 Å². The second-order valence-corrected chi connectivity index (χ2v) is 10.6. The summed E-state index contributed by atoms with van der Waals surface area (Å²) < 4.78 is 11.9. The number of halogens is 2. The Balaban J connectivity index is 1.87. The molecule has 0 fully saturated rings. The molecule has 2 aromatic carbocycles. The number of aliphatic carboxylic acids is 1. The van der Waals surface area contributed by atoms with Crippen molar-refractivity contribution in [3.8, 4) is 17.0 Å². The molecule has 3 aromatic rings. The zero-order valence-corrected chi connectivity index (χ0v) is 24.1. The maximum absolute atomic E-state index is 12.9. The molecule has 1 heterocycles. The van der Waals surface area contributed by atoms with Gasteiger partial charge >= 0.3 is 5.97 Å². The smallest absolute Gasteiger partial charge is 0.331 e. The van der Waals surface area contributed by atoms with E-state index in [4.69, 9.17) is 37.8 Å². The van der Waals surface area contributed by atoms with E-state index in [2.05, 4.69) is 31.1 Å². The number of benzene rings is 2. The van der Waals surface area contributed by atoms with Crippen molar-refractivity contribution in [2.24, 2.45) is 5.92 Å². The lowest BCUT2D eigenvalue weighted by atomic mass is 9.95. The van der Waals surface area contributed by atoms with Crippen LogP contribution in [0.5, 0.6) is 5.75 Å². The van der Waals surface area contributed by atoms with E-state index in [-0.39, 0.29) is 33.2 Å². The number of carboxylic acid groups (broad SMARTS) is 1. The molecule has 10 heteroatoms. The number of carbonyl (C=O) groups is 2. The van der Waals surface area contributed by atoms with E-state index in [1.165, 1.54) is 36.5 Å². The SMILES string of the molecule is CCCOC(c1cccc(-c2csc(NC(=O)c3cc(Cl)c(C=C(C)C(=O)O)c(Cl)c3)n2)c1OC)C(C)C. The quantitative estimate of drug-likeness (QED) is 0.224. The van der Waals surface area contributed by atoms with Gasteiger partial charge in [0.15, 0.2) is 5.13 Å². The van der Waals surface area contributed by atoms with E-state index in [9.17, 15) is 9.59 Å². The van der Waals surface area contributed by atoms with Gasteiger partial charge in [-0.1, -0.05) is 56.1 Å². The van der Waals surface area contributed by atoms with Gasteiger partial charge < -0.3 is 14.6 Å². The fraction of sp³-hybridized carbons (Fsp3) is 0.321. The number of thiazole rings is 1. The minimum Gasteiger partial charge on any atom is -0.496 e. The van der Waals surface area contributed by atoms with Crippen molar-refractivity contribution >= 4 is 57.6 Å². The summed E-state index contributed by atoms with van der Waals surface area (Å²) in [4.78, 5) is 28.7. The summed E-state index contributed by atoms with van der Waals surface area (Å²) in [6.45, 7) is 8.37. The number of nitrogens with one attached hydrogen (secondary N) is 1. The Bertz CT molecular complexity index is 1330. The van der Waals surface area contributed by atoms with Crippen molar-refractivity contribution in [1.29, 1.82) is 0 Å². The van der Waals surface area contributed by atoms with Crippen LogP contribution in [-0.4, -0.2) is 35.7 Å². The molecule has 7 nitrogen and oxygen atoms in total. The Labute approximate surface area is 236 Å². The van der Waals surface area contributed by atoms with Crippen LogP contribution in [0.3, 0.4) is 0 Å². The monoisotopic (exact) mass is 576 g/mol. The van der Waals surface area contributed by atoms with E-state index >= 15 is 0 Å². The third kappa shape index (κ3) is 6.94. The second-order valence-electron chi connectivity index (χ2n) is 8.94. The average Bonchev–Trinajstić information content (AvgIpc) is 3.33. The van der Waals surface area contributed by atoms with Gasteiger partial charge in [0.1, 0.15) is 5.75 Å². The van der Waals surface area contributed by atoms with Gasteiger partial charge in [0, 0.05) is 39.8 Å². The molecular formula is C28H30Cl2N2O5S. The summed E-state index contributed by atoms with van der Waals surface area (Å²) in [6, 6.07) is 8.74. The minimum absolute atomic E-state index is 0.0671. The zero-order valence-electron chi connectivity index (χ0n) is 21.8. The fourth-order valence-corrected chi connectivity index (χ4v) is 5.15. The molecule has 0 bridgehead atoms. The number of ether oxygens (including phenoxy) is 2. The molecule has 2 N–H and O–H groups in total. The maximum atomic E-state index is 12.9. The normalized spacial score (nSPS) is 12.5. The molecule has 0 saturated heterocycles. The Morgan fingerprint density at radius 3 is 2.47 bits per heavy atom. The first-order chi connectivity index (χ1) is 18.1. The molecule has 0 aliphatic heterocycles. The molecule has 202 valence electrons. The van der Waals surface area contributed by atoms with Crippen LogP contribution in [0.2, 0.25) is 10.0 Å². The largest absolute Gasteiger partial charge is 0.496 e. The van der Waals surface area contributed by atoms with Crippen LogP contribution in [0.15, 0.2) is 41.3 Å². The highest BCUT2D eigenvalue weighted by Gasteiger charge is 2.24. The van der Waals surface area contributed by atoms with Crippen molar-refractivity contribution in [3.63, 3.8) is 0 Å². The van der Waals surface area contributed by atoms with E-state index < -0.39 is 11.9 Å². The second kappa shape index (κ2) is 13.2. The lowest BCUT2D eigenvalue weighted by molar-refractivity contribution is -0.132. The summed E-state index contributed by atoms with van der Waals surface area (Å²) in [5.74, 6) is -0.614. The number of nitrogens with zero attached hydrogens (tertiary/aromatic N) is 1. The number of hydrogen-bond donors (Lipinski definition) is 2. The topological polar surface area (TPSA) is 97.8 Å². The summed E-state index contributed by atoms with van der Waals surface area (Å²) >= 11 is 13.9. The van der Waals surface area contributed by atoms with Crippen LogP contribution in [0.25, 0.3) is 17.3 Å². The molecule has 1 atom stereocenters. The van der Waals surface area contributed by atoms with Crippen molar-refractivity contribution in [3.05, 3.63) is 68.0 Å². The van der Waals surface area contributed by atoms with Crippen LogP contribution in [0, 0.1) is 5.92 Å². The van der Waals surface area contributed by atoms with Crippen LogP contribution < -0.4 is 10.1 Å². The maximum Gasteiger partial charge on any atom is 0.331 e. The van der Waals surface area contributed by atoms with E-state index in [1.54, 1.807) is 7.11 Å². The van der Waals surface area contributed by atoms with Crippen molar-refractivity contribution in [2.75, 3.05) is 19.0 Å². The highest BCUT2D eigenvalue weighted by atomic mass is 35.5. The van der Waals surface area contributed by atoms with Crippen LogP contribution in [0.4, 0.5) is 5.13 Å². The number of methoxy groups -OCH3 is 1. The molecule has 0 spiro atoms. The van der Waals surface area contributed by atoms with Gasteiger partial charge in [-0.3, -0.25) is 10.1 Å². The number of aromatic nitrogens is 1. The van der Waals surface area contributed by atoms with E-state index in [0.29, 0.717) is 28.7 Å². The first-order valence-electron chi connectivity index (χ1n) is 12.0. The average molecular weight is 578 g/mol. The highest BCUT2D eigenvalue weighted by molar-refractivity contribution is 7.14. The van der Waals surface area contributed by atoms with E-state index in [0.717, 1.165) is 17.5 Å². The molecule has 1 aromatic heterocycles. The standard InChI is InChI=1S/C28H30Cl2N2O5S/c1-6-10-37-24(15(2)3)19-9-7-8-18(25(19)36-5)23-14-38-28(31-23)32-26(33)17-12-21(29)20(22(30)13-17)11-16(4)27(34)35/h7-9,11-15,24H,6,10H2,1-5H3,(H,34,35)(H,31,32,33). The molecule has 38 heavy (non-hydrogen) atoms. The lowest BCUT2D eigenvalue weighted by Crippen LogP contribution is -2.13. The number of para-hydroxylation sites is 1. The van der Waals surface area contributed by atoms with Gasteiger partial charge in [0.2, 0.25) is 0 Å². The Morgan fingerprint density at radius 1 is 1.21 bits per heavy atom. The molecule has 3 rings (SSSR count). The van der Waals surface area contributed by atoms with Crippen molar-refractivity contribution < 1.29 is 24.2 Å². The fourth-order valence-electron chi connectivity index (χ4n) is 3.85. The number of anilines is 1. The van der Waals surface area contributed by atoms with Gasteiger partial charge in [-0.2, -0.15) is 0 Å². The number of rotatable bonds is 11. The minimum atomic E-state index is -1.09. The molecule has 0 saturated carbocycles. The number of carboxylic acids is 1. The summed E-state index contributed by atoms with van der Waals surface area (Å²) in [5, 5.41) is 14.4. The first-order valence-corrected chi connectivity index (χ1v) is 13.7. The Hall–Kier alpha value is -2.91. The molecule has 1 unspecified atom stereocenters. The van der Waals surface area contributed by atoms with Crippen LogP contribution in [-0.2, 0) is 9.53 Å². The molecular weight excluding hydrogens is 547 g/mol. The first kappa shape index (κ1) is 29.6.